The van der Waals surface area contributed by atoms with Gasteiger partial charge in [-0.2, -0.15) is 5.10 Å². The molecule has 0 amide bonds. The van der Waals surface area contributed by atoms with Gasteiger partial charge in [0.2, 0.25) is 0 Å². The van der Waals surface area contributed by atoms with Gasteiger partial charge in [-0.25, -0.2) is 14.1 Å². The topological polar surface area (TPSA) is 96.7 Å². The summed E-state index contributed by atoms with van der Waals surface area (Å²) in [7, 11) is 0. The molecule has 9 heteroatoms. The summed E-state index contributed by atoms with van der Waals surface area (Å²) in [6.07, 6.45) is 5.21. The molecule has 0 aliphatic carbocycles. The lowest BCUT2D eigenvalue weighted by Gasteiger charge is -2.30. The fraction of sp³-hybridized carbons (Fsp3) is 0.273. The zero-order valence-corrected chi connectivity index (χ0v) is 17.5. The van der Waals surface area contributed by atoms with E-state index in [2.05, 4.69) is 20.4 Å². The summed E-state index contributed by atoms with van der Waals surface area (Å²) in [5.41, 5.74) is 10.1. The van der Waals surface area contributed by atoms with Crippen molar-refractivity contribution in [2.75, 3.05) is 5.73 Å². The Labute approximate surface area is 178 Å². The number of aryl methyl sites for hydroxylation is 1. The van der Waals surface area contributed by atoms with Crippen LogP contribution in [-0.2, 0) is 18.7 Å². The van der Waals surface area contributed by atoms with Crippen LogP contribution in [0.3, 0.4) is 0 Å². The van der Waals surface area contributed by atoms with Crippen molar-refractivity contribution in [3.8, 4) is 28.3 Å². The van der Waals surface area contributed by atoms with E-state index in [4.69, 9.17) is 10.5 Å². The number of nitrogens with zero attached hydrogens (tertiary/aromatic N) is 6. The van der Waals surface area contributed by atoms with Crippen molar-refractivity contribution in [1.82, 2.24) is 29.8 Å². The lowest BCUT2D eigenvalue weighted by Crippen LogP contribution is -2.27. The molecule has 0 atom stereocenters. The fourth-order valence-electron chi connectivity index (χ4n) is 4.09. The summed E-state index contributed by atoms with van der Waals surface area (Å²) in [5.74, 6) is 0.343. The highest BCUT2D eigenvalue weighted by Gasteiger charge is 2.30. The van der Waals surface area contributed by atoms with Gasteiger partial charge in [-0.05, 0) is 45.0 Å². The van der Waals surface area contributed by atoms with Gasteiger partial charge in [-0.3, -0.25) is 4.68 Å². The minimum atomic E-state index is -0.909. The van der Waals surface area contributed by atoms with Crippen LogP contribution in [0.1, 0.15) is 31.9 Å². The predicted molar refractivity (Wildman–Crippen MR) is 114 cm³/mol. The van der Waals surface area contributed by atoms with Gasteiger partial charge in [0.25, 0.3) is 0 Å². The quantitative estimate of drug-likeness (QED) is 0.506. The lowest BCUT2D eigenvalue weighted by atomic mass is 9.91. The van der Waals surface area contributed by atoms with Crippen LogP contribution in [0, 0.1) is 5.82 Å². The van der Waals surface area contributed by atoms with Gasteiger partial charge in [-0.1, -0.05) is 5.21 Å². The molecule has 8 nitrogen and oxygen atoms in total. The van der Waals surface area contributed by atoms with Crippen LogP contribution in [0.5, 0.6) is 5.75 Å². The third kappa shape index (κ3) is 3.13. The molecule has 0 fully saturated rings. The van der Waals surface area contributed by atoms with Crippen LogP contribution in [0.25, 0.3) is 22.5 Å². The molecule has 1 aliphatic heterocycles. The van der Waals surface area contributed by atoms with Crippen molar-refractivity contribution in [2.45, 2.75) is 39.5 Å². The highest BCUT2D eigenvalue weighted by atomic mass is 19.1. The smallest absolute Gasteiger partial charge is 0.166 e. The van der Waals surface area contributed by atoms with Gasteiger partial charge in [0, 0.05) is 35.0 Å². The minimum Gasteiger partial charge on any atom is -0.479 e. The van der Waals surface area contributed by atoms with E-state index in [1.165, 1.54) is 12.1 Å². The molecule has 2 N–H and O–H groups in total. The number of fused-ring (bicyclic) bond motifs is 7. The number of benzene rings is 1. The molecule has 158 valence electrons. The predicted octanol–water partition coefficient (Wildman–Crippen LogP) is 3.62. The normalized spacial score (nSPS) is 14.5. The van der Waals surface area contributed by atoms with Crippen LogP contribution in [0.15, 0.2) is 42.9 Å². The fourth-order valence-corrected chi connectivity index (χ4v) is 4.09. The average Bonchev–Trinajstić information content (AvgIpc) is 3.36. The minimum absolute atomic E-state index is 0.266. The number of hydrogen-bond donors (Lipinski definition) is 1. The molecule has 0 radical (unpaired) electrons. The Hall–Kier alpha value is -3.75. The third-order valence-corrected chi connectivity index (χ3v) is 5.58. The van der Waals surface area contributed by atoms with Crippen LogP contribution in [0.2, 0.25) is 0 Å². The van der Waals surface area contributed by atoms with Gasteiger partial charge in [0.1, 0.15) is 11.4 Å². The average molecular weight is 419 g/mol. The summed E-state index contributed by atoms with van der Waals surface area (Å²) in [6.45, 7) is 6.91. The Balaban J connectivity index is 1.83. The zero-order chi connectivity index (χ0) is 21.8. The number of hydrogen-bond acceptors (Lipinski definition) is 6. The molecular formula is C22H22FN7O. The Bertz CT molecular complexity index is 1290. The van der Waals surface area contributed by atoms with Gasteiger partial charge >= 0.3 is 0 Å². The van der Waals surface area contributed by atoms with Gasteiger partial charge in [0.15, 0.2) is 11.6 Å². The Morgan fingerprint density at radius 1 is 1.19 bits per heavy atom. The molecular weight excluding hydrogens is 397 g/mol. The van der Waals surface area contributed by atoms with Crippen molar-refractivity contribution in [3.63, 3.8) is 0 Å². The molecule has 1 aliphatic rings. The maximum Gasteiger partial charge on any atom is 0.166 e. The van der Waals surface area contributed by atoms with E-state index >= 15 is 0 Å². The Morgan fingerprint density at radius 3 is 2.84 bits per heavy atom. The zero-order valence-electron chi connectivity index (χ0n) is 17.5. The molecule has 0 saturated heterocycles. The second-order valence-corrected chi connectivity index (χ2v) is 8.02. The summed E-state index contributed by atoms with van der Waals surface area (Å²) < 4.78 is 24.3. The van der Waals surface area contributed by atoms with Crippen molar-refractivity contribution in [1.29, 1.82) is 0 Å². The van der Waals surface area contributed by atoms with Crippen molar-refractivity contribution < 1.29 is 9.13 Å². The highest BCUT2D eigenvalue weighted by molar-refractivity contribution is 5.69. The van der Waals surface area contributed by atoms with E-state index in [1.54, 1.807) is 23.1 Å². The molecule has 3 aromatic heterocycles. The third-order valence-electron chi connectivity index (χ3n) is 5.58. The SMILES string of the molecule is CCn1ncc2c1-c1cnc(N)c(c1)OC(C)(C)c1cc(F)ccc1-c1cnnn1C2. The first kappa shape index (κ1) is 19.2. The van der Waals surface area contributed by atoms with Crippen molar-refractivity contribution in [2.24, 2.45) is 0 Å². The second kappa shape index (κ2) is 6.90. The molecule has 2 bridgehead atoms. The Kier molecular flexibility index (Phi) is 4.28. The first-order valence-corrected chi connectivity index (χ1v) is 10.1. The van der Waals surface area contributed by atoms with Crippen molar-refractivity contribution in [3.05, 3.63) is 59.8 Å². The van der Waals surface area contributed by atoms with Crippen LogP contribution < -0.4 is 10.5 Å². The lowest BCUT2D eigenvalue weighted by molar-refractivity contribution is 0.109. The van der Waals surface area contributed by atoms with Crippen LogP contribution >= 0.6 is 0 Å². The van der Waals surface area contributed by atoms with E-state index < -0.39 is 5.60 Å². The molecule has 5 rings (SSSR count). The summed E-state index contributed by atoms with van der Waals surface area (Å²) in [6, 6.07) is 6.49. The maximum atomic E-state index is 14.3. The number of rotatable bonds is 1. The number of ether oxygens (including phenoxy) is 1. The van der Waals surface area contributed by atoms with Crippen LogP contribution in [0.4, 0.5) is 10.2 Å². The number of nitrogen functional groups attached to an aromatic ring is 1. The van der Waals surface area contributed by atoms with E-state index in [1.807, 2.05) is 37.7 Å². The summed E-state index contributed by atoms with van der Waals surface area (Å²) in [5, 5.41) is 12.9. The van der Waals surface area contributed by atoms with E-state index in [-0.39, 0.29) is 11.6 Å². The molecule has 1 aromatic carbocycles. The first-order valence-electron chi connectivity index (χ1n) is 10.1. The number of aromatic nitrogens is 6. The monoisotopic (exact) mass is 419 g/mol. The van der Waals surface area contributed by atoms with Crippen molar-refractivity contribution >= 4 is 5.82 Å². The molecule has 4 heterocycles. The molecule has 0 spiro atoms. The van der Waals surface area contributed by atoms with Gasteiger partial charge < -0.3 is 10.5 Å². The molecule has 0 unspecified atom stereocenters. The number of halogens is 1. The Morgan fingerprint density at radius 2 is 2.03 bits per heavy atom. The summed E-state index contributed by atoms with van der Waals surface area (Å²) in [4.78, 5) is 4.36. The number of anilines is 1. The number of nitrogens with two attached hydrogens (primary N) is 1. The second-order valence-electron chi connectivity index (χ2n) is 8.02. The molecule has 0 saturated carbocycles. The largest absolute Gasteiger partial charge is 0.479 e. The first-order chi connectivity index (χ1) is 14.9. The van der Waals surface area contributed by atoms with E-state index in [0.29, 0.717) is 24.4 Å². The maximum absolute atomic E-state index is 14.3. The summed E-state index contributed by atoms with van der Waals surface area (Å²) >= 11 is 0. The van der Waals surface area contributed by atoms with Gasteiger partial charge in [-0.15, -0.1) is 5.10 Å². The molecule has 31 heavy (non-hydrogen) atoms. The van der Waals surface area contributed by atoms with E-state index in [9.17, 15) is 4.39 Å². The van der Waals surface area contributed by atoms with Gasteiger partial charge in [0.05, 0.1) is 30.3 Å². The van der Waals surface area contributed by atoms with Crippen LogP contribution in [-0.4, -0.2) is 29.8 Å². The number of pyridine rings is 1. The highest BCUT2D eigenvalue weighted by Crippen LogP contribution is 2.39. The van der Waals surface area contributed by atoms with E-state index in [0.717, 1.165) is 28.1 Å². The molecule has 4 aromatic rings. The standard InChI is InChI=1S/C22H22FN7O/c1-4-29-20-13-7-19(21(24)25-9-13)31-22(2,3)17-8-15(23)5-6-16(17)18-11-26-28-30(18)12-14(20)10-27-29/h5-11H,4,12H2,1-3H3,(H2,24,25).